The van der Waals surface area contributed by atoms with Crippen molar-refractivity contribution in [1.29, 1.82) is 0 Å². The number of hydrogen-bond donors (Lipinski definition) is 1. The second-order valence-corrected chi connectivity index (χ2v) is 6.82. The molecule has 1 fully saturated rings. The highest BCUT2D eigenvalue weighted by Gasteiger charge is 2.18. The van der Waals surface area contributed by atoms with Crippen molar-refractivity contribution < 1.29 is 9.53 Å². The summed E-state index contributed by atoms with van der Waals surface area (Å²) in [6, 6.07) is 12.5. The van der Waals surface area contributed by atoms with Crippen molar-refractivity contribution in [2.24, 2.45) is 0 Å². The predicted molar refractivity (Wildman–Crippen MR) is 103 cm³/mol. The van der Waals surface area contributed by atoms with E-state index in [4.69, 9.17) is 27.9 Å². The number of hydrogen-bond acceptors (Lipinski definition) is 3. The molecule has 3 rings (SSSR count). The van der Waals surface area contributed by atoms with E-state index in [2.05, 4.69) is 10.2 Å². The van der Waals surface area contributed by atoms with Gasteiger partial charge in [0.25, 0.3) is 5.91 Å². The van der Waals surface area contributed by atoms with E-state index in [9.17, 15) is 4.79 Å². The van der Waals surface area contributed by atoms with Gasteiger partial charge in [-0.05, 0) is 55.7 Å². The fourth-order valence-corrected chi connectivity index (χ4v) is 3.34. The Hall–Kier alpha value is -1.91. The van der Waals surface area contributed by atoms with E-state index in [0.29, 0.717) is 15.8 Å². The monoisotopic (exact) mass is 378 g/mol. The quantitative estimate of drug-likeness (QED) is 0.795. The minimum Gasteiger partial charge on any atom is -0.484 e. The molecule has 1 saturated heterocycles. The number of ether oxygens (including phenoxy) is 1. The van der Waals surface area contributed by atoms with Crippen molar-refractivity contribution in [3.05, 3.63) is 52.5 Å². The summed E-state index contributed by atoms with van der Waals surface area (Å²) in [6.07, 6.45) is 3.51. The highest BCUT2D eigenvalue weighted by atomic mass is 35.5. The average molecular weight is 379 g/mol. The maximum Gasteiger partial charge on any atom is 0.262 e. The summed E-state index contributed by atoms with van der Waals surface area (Å²) < 4.78 is 5.49. The molecule has 2 aromatic carbocycles. The lowest BCUT2D eigenvalue weighted by Crippen LogP contribution is -2.31. The van der Waals surface area contributed by atoms with Crippen LogP contribution in [0.4, 0.5) is 11.4 Å². The van der Waals surface area contributed by atoms with E-state index < -0.39 is 0 Å². The number of nitrogens with zero attached hydrogens (tertiary/aromatic N) is 1. The van der Waals surface area contributed by atoms with Crippen LogP contribution < -0.4 is 15.0 Å². The Morgan fingerprint density at radius 2 is 1.76 bits per heavy atom. The summed E-state index contributed by atoms with van der Waals surface area (Å²) in [7, 11) is 0. The Kier molecular flexibility index (Phi) is 6.05. The van der Waals surface area contributed by atoms with E-state index in [0.717, 1.165) is 37.3 Å². The fourth-order valence-electron chi connectivity index (χ4n) is 2.92. The maximum atomic E-state index is 12.3. The molecule has 1 N–H and O–H groups in total. The summed E-state index contributed by atoms with van der Waals surface area (Å²) in [5.74, 6) is 0.373. The zero-order chi connectivity index (χ0) is 17.6. The largest absolute Gasteiger partial charge is 0.484 e. The van der Waals surface area contributed by atoms with Crippen molar-refractivity contribution in [3.63, 3.8) is 0 Å². The smallest absolute Gasteiger partial charge is 0.262 e. The molecule has 1 heterocycles. The first-order chi connectivity index (χ1) is 12.1. The van der Waals surface area contributed by atoms with Crippen LogP contribution >= 0.6 is 23.2 Å². The van der Waals surface area contributed by atoms with Crippen LogP contribution in [0.5, 0.6) is 5.75 Å². The van der Waals surface area contributed by atoms with Gasteiger partial charge in [0.15, 0.2) is 6.61 Å². The van der Waals surface area contributed by atoms with Crippen LogP contribution in [0, 0.1) is 0 Å². The summed E-state index contributed by atoms with van der Waals surface area (Å²) >= 11 is 12.2. The lowest BCUT2D eigenvalue weighted by molar-refractivity contribution is -0.118. The van der Waals surface area contributed by atoms with E-state index in [1.165, 1.54) is 6.42 Å². The number of carbonyl (C=O) groups excluding carboxylic acids is 1. The Morgan fingerprint density at radius 1 is 1.04 bits per heavy atom. The van der Waals surface area contributed by atoms with Gasteiger partial charge in [-0.15, -0.1) is 0 Å². The summed E-state index contributed by atoms with van der Waals surface area (Å²) in [4.78, 5) is 14.5. The molecule has 0 bridgehead atoms. The van der Waals surface area contributed by atoms with Gasteiger partial charge in [0.05, 0.1) is 16.4 Å². The number of carbonyl (C=O) groups is 1. The van der Waals surface area contributed by atoms with Crippen molar-refractivity contribution >= 4 is 40.5 Å². The number of anilines is 2. The molecule has 132 valence electrons. The molecule has 0 unspecified atom stereocenters. The van der Waals surface area contributed by atoms with Crippen molar-refractivity contribution in [3.8, 4) is 5.75 Å². The Bertz CT molecular complexity index is 729. The third-order valence-electron chi connectivity index (χ3n) is 4.12. The van der Waals surface area contributed by atoms with Crippen LogP contribution in [0.25, 0.3) is 0 Å². The second kappa shape index (κ2) is 8.45. The molecule has 0 atom stereocenters. The molecule has 25 heavy (non-hydrogen) atoms. The van der Waals surface area contributed by atoms with Crippen molar-refractivity contribution in [1.82, 2.24) is 0 Å². The molecule has 1 aliphatic heterocycles. The van der Waals surface area contributed by atoms with E-state index >= 15 is 0 Å². The normalized spacial score (nSPS) is 14.2. The predicted octanol–water partition coefficient (Wildman–Crippen LogP) is 5.00. The maximum absolute atomic E-state index is 12.3. The van der Waals surface area contributed by atoms with Crippen LogP contribution in [0.1, 0.15) is 19.3 Å². The first-order valence-corrected chi connectivity index (χ1v) is 9.11. The van der Waals surface area contributed by atoms with E-state index in [1.54, 1.807) is 24.3 Å². The number of halogens is 2. The number of benzene rings is 2. The molecule has 0 radical (unpaired) electrons. The average Bonchev–Trinajstić information content (AvgIpc) is 2.62. The van der Waals surface area contributed by atoms with Crippen LogP contribution in [0.3, 0.4) is 0 Å². The molecule has 0 saturated carbocycles. The second-order valence-electron chi connectivity index (χ2n) is 5.97. The number of para-hydroxylation sites is 1. The first-order valence-electron chi connectivity index (χ1n) is 8.35. The highest BCUT2D eigenvalue weighted by molar-refractivity contribution is 6.34. The summed E-state index contributed by atoms with van der Waals surface area (Å²) in [5.41, 5.74) is 1.61. The van der Waals surface area contributed by atoms with Gasteiger partial charge in [-0.1, -0.05) is 29.3 Å². The van der Waals surface area contributed by atoms with Gasteiger partial charge < -0.3 is 15.0 Å². The molecular formula is C19H20Cl2N2O2. The zero-order valence-corrected chi connectivity index (χ0v) is 15.3. The minimum atomic E-state index is -0.226. The lowest BCUT2D eigenvalue weighted by atomic mass is 10.1. The lowest BCUT2D eigenvalue weighted by Gasteiger charge is -2.31. The van der Waals surface area contributed by atoms with Gasteiger partial charge in [0.1, 0.15) is 5.75 Å². The summed E-state index contributed by atoms with van der Waals surface area (Å²) in [5, 5.41) is 4.19. The van der Waals surface area contributed by atoms with E-state index in [-0.39, 0.29) is 12.5 Å². The Labute approximate surface area is 157 Å². The van der Waals surface area contributed by atoms with Gasteiger partial charge in [-0.2, -0.15) is 0 Å². The van der Waals surface area contributed by atoms with Crippen LogP contribution in [-0.2, 0) is 4.79 Å². The number of rotatable bonds is 5. The van der Waals surface area contributed by atoms with Crippen LogP contribution in [0.15, 0.2) is 42.5 Å². The molecule has 1 aliphatic rings. The number of amides is 1. The van der Waals surface area contributed by atoms with Crippen molar-refractivity contribution in [2.75, 3.05) is 29.9 Å². The van der Waals surface area contributed by atoms with Gasteiger partial charge in [0.2, 0.25) is 0 Å². The molecular weight excluding hydrogens is 359 g/mol. The molecule has 6 heteroatoms. The van der Waals surface area contributed by atoms with Gasteiger partial charge >= 0.3 is 0 Å². The molecule has 2 aromatic rings. The molecule has 0 spiro atoms. The third-order valence-corrected chi connectivity index (χ3v) is 4.67. The van der Waals surface area contributed by atoms with Crippen molar-refractivity contribution in [2.45, 2.75) is 19.3 Å². The van der Waals surface area contributed by atoms with Crippen LogP contribution in [-0.4, -0.2) is 25.6 Å². The standard InChI is InChI=1S/C19H20Cl2N2O2/c20-14-7-9-15(10-8-14)25-13-18(24)22-17-6-4-5-16(21)19(17)23-11-2-1-3-12-23/h4-10H,1-3,11-13H2,(H,22,24). The highest BCUT2D eigenvalue weighted by Crippen LogP contribution is 2.35. The van der Waals surface area contributed by atoms with E-state index in [1.807, 2.05) is 18.2 Å². The van der Waals surface area contributed by atoms with Gasteiger partial charge in [0, 0.05) is 18.1 Å². The number of nitrogens with one attached hydrogen (secondary N) is 1. The van der Waals surface area contributed by atoms with Gasteiger partial charge in [-0.25, -0.2) is 0 Å². The minimum absolute atomic E-state index is 0.0758. The summed E-state index contributed by atoms with van der Waals surface area (Å²) in [6.45, 7) is 1.83. The SMILES string of the molecule is O=C(COc1ccc(Cl)cc1)Nc1cccc(Cl)c1N1CCCCC1. The molecule has 0 aromatic heterocycles. The first kappa shape index (κ1) is 17.9. The number of piperidine rings is 1. The topological polar surface area (TPSA) is 41.6 Å². The third kappa shape index (κ3) is 4.80. The molecule has 0 aliphatic carbocycles. The fraction of sp³-hybridized carbons (Fsp3) is 0.316. The van der Waals surface area contributed by atoms with Gasteiger partial charge in [-0.3, -0.25) is 4.79 Å². The van der Waals surface area contributed by atoms with Crippen LogP contribution in [0.2, 0.25) is 10.0 Å². The molecule has 4 nitrogen and oxygen atoms in total. The Morgan fingerprint density at radius 3 is 2.48 bits per heavy atom. The molecule has 1 amide bonds. The zero-order valence-electron chi connectivity index (χ0n) is 13.8. The Balaban J connectivity index is 1.66.